The topological polar surface area (TPSA) is 12.0 Å². The molecule has 0 unspecified atom stereocenters. The lowest BCUT2D eigenvalue weighted by atomic mass is 10.2. The van der Waals surface area contributed by atoms with Crippen LogP contribution in [0.15, 0.2) is 0 Å². The standard InChI is InChI=1S/C5H11N/c1-2-4-6-5-3-1/h6H,1-5H2/i1D/hD. The summed E-state index contributed by atoms with van der Waals surface area (Å²) in [5.41, 5.74) is 0. The van der Waals surface area contributed by atoms with Gasteiger partial charge in [0.25, 0.3) is 0 Å². The predicted molar refractivity (Wildman–Crippen MR) is 26.7 cm³/mol. The van der Waals surface area contributed by atoms with E-state index in [1.165, 1.54) is 5.31 Å². The maximum atomic E-state index is 7.25. The van der Waals surface area contributed by atoms with Crippen LogP contribution in [0.5, 0.6) is 0 Å². The highest BCUT2D eigenvalue weighted by molar-refractivity contribution is 4.55. The molecule has 0 spiro atoms. The van der Waals surface area contributed by atoms with Crippen molar-refractivity contribution < 1.29 is 2.78 Å². The Morgan fingerprint density at radius 2 is 2.17 bits per heavy atom. The van der Waals surface area contributed by atoms with Crippen LogP contribution < -0.4 is 5.31 Å². The Morgan fingerprint density at radius 1 is 1.50 bits per heavy atom. The van der Waals surface area contributed by atoms with E-state index < -0.39 is 0 Å². The van der Waals surface area contributed by atoms with E-state index in [1.54, 1.807) is 0 Å². The minimum atomic E-state index is 0.108. The molecule has 0 aromatic heterocycles. The molecule has 1 nitrogen and oxygen atoms in total. The van der Waals surface area contributed by atoms with Crippen molar-refractivity contribution >= 4 is 0 Å². The number of hydrogen-bond acceptors (Lipinski definition) is 1. The molecule has 0 atom stereocenters. The van der Waals surface area contributed by atoms with Crippen LogP contribution in [-0.2, 0) is 0 Å². The van der Waals surface area contributed by atoms with Gasteiger partial charge in [0, 0.05) is 1.37 Å². The van der Waals surface area contributed by atoms with Crippen LogP contribution in [0, 0.1) is 0 Å². The summed E-state index contributed by atoms with van der Waals surface area (Å²) >= 11 is 0. The molecule has 0 aromatic carbocycles. The number of piperidine rings is 1. The third-order valence-electron chi connectivity index (χ3n) is 0.983. The van der Waals surface area contributed by atoms with Gasteiger partial charge < -0.3 is 5.31 Å². The largest absolute Gasteiger partial charge is 0.317 e. The summed E-state index contributed by atoms with van der Waals surface area (Å²) in [6, 6.07) is 0. The Labute approximate surface area is 41.6 Å². The number of rotatable bonds is 0. The minimum absolute atomic E-state index is 0.108. The number of nitrogens with one attached hydrogen (secondary N) is 1. The zero-order valence-corrected chi connectivity index (χ0v) is 3.85. The average molecular weight is 87.2 g/mol. The quantitative estimate of drug-likeness (QED) is 0.460. The zero-order valence-electron chi connectivity index (χ0n) is 5.85. The molecule has 1 heteroatoms. The molecule has 36 valence electrons. The van der Waals surface area contributed by atoms with Crippen molar-refractivity contribution in [2.45, 2.75) is 19.2 Å². The van der Waals surface area contributed by atoms with Crippen molar-refractivity contribution in [2.75, 3.05) is 13.1 Å². The Hall–Kier alpha value is -0.0400. The lowest BCUT2D eigenvalue weighted by Crippen LogP contribution is -2.21. The van der Waals surface area contributed by atoms with Gasteiger partial charge in [-0.1, -0.05) is 6.40 Å². The molecule has 0 aromatic rings. The van der Waals surface area contributed by atoms with Gasteiger partial charge in [0.1, 0.15) is 1.41 Å². The van der Waals surface area contributed by atoms with Gasteiger partial charge in [0.05, 0.1) is 0 Å². The zero-order chi connectivity index (χ0) is 5.98. The predicted octanol–water partition coefficient (Wildman–Crippen LogP) is 0.760. The molecule has 6 heavy (non-hydrogen) atoms. The van der Waals surface area contributed by atoms with Crippen molar-refractivity contribution in [1.82, 2.24) is 5.31 Å². The molecule has 1 rings (SSSR count). The summed E-state index contributed by atoms with van der Waals surface area (Å²) in [5.74, 6) is 0. The smallest absolute Gasteiger partial charge is 0.122 e. The third-order valence-corrected chi connectivity index (χ3v) is 0.983. The first kappa shape index (κ1) is 2.31. The van der Waals surface area contributed by atoms with Gasteiger partial charge in [-0.2, -0.15) is 0 Å². The van der Waals surface area contributed by atoms with E-state index in [0.29, 0.717) is 0 Å². The lowest BCUT2D eigenvalue weighted by Gasteiger charge is -2.08. The molecule has 1 aliphatic heterocycles. The first-order chi connectivity index (χ1) is 3.79. The fraction of sp³-hybridized carbons (Fsp3) is 1.00. The van der Waals surface area contributed by atoms with Gasteiger partial charge >= 0.3 is 0 Å². The van der Waals surface area contributed by atoms with E-state index in [-0.39, 0.29) is 6.40 Å². The van der Waals surface area contributed by atoms with E-state index >= 15 is 0 Å². The SMILES string of the molecule is [2H]C1CCN([2H])CC1. The van der Waals surface area contributed by atoms with Crippen LogP contribution in [0.1, 0.15) is 20.6 Å². The first-order valence-corrected chi connectivity index (χ1v) is 2.45. The van der Waals surface area contributed by atoms with Crippen LogP contribution >= 0.6 is 0 Å². The highest BCUT2D eigenvalue weighted by atomic mass is 14.9. The van der Waals surface area contributed by atoms with Gasteiger partial charge in [-0.3, -0.25) is 0 Å². The van der Waals surface area contributed by atoms with Crippen LogP contribution in [0.25, 0.3) is 0 Å². The van der Waals surface area contributed by atoms with Crippen LogP contribution in [0.3, 0.4) is 0 Å². The highest BCUT2D eigenvalue weighted by Gasteiger charge is 1.93. The monoisotopic (exact) mass is 87.1 g/mol. The molecule has 0 saturated carbocycles. The molecule has 0 amide bonds. The van der Waals surface area contributed by atoms with Crippen molar-refractivity contribution in [3.05, 3.63) is 0 Å². The molecule has 1 saturated heterocycles. The second-order valence-electron chi connectivity index (χ2n) is 1.54. The molecule has 1 fully saturated rings. The summed E-state index contributed by atoms with van der Waals surface area (Å²) in [5, 5.41) is 1.53. The van der Waals surface area contributed by atoms with Gasteiger partial charge in [-0.25, -0.2) is 0 Å². The summed E-state index contributed by atoms with van der Waals surface area (Å²) in [4.78, 5) is 0. The molecule has 1 heterocycles. The normalized spacial score (nSPS) is 35.3. The maximum Gasteiger partial charge on any atom is 0.122 e. The van der Waals surface area contributed by atoms with Crippen molar-refractivity contribution in [2.24, 2.45) is 0 Å². The number of hydrogen-bond donors (Lipinski definition) is 1. The van der Waals surface area contributed by atoms with Gasteiger partial charge in [-0.05, 0) is 25.9 Å². The summed E-state index contributed by atoms with van der Waals surface area (Å²) in [6.45, 7) is 1.57. The summed E-state index contributed by atoms with van der Waals surface area (Å²) in [6.07, 6.45) is 1.86. The Bertz CT molecular complexity index is 58.8. The molecule has 0 radical (unpaired) electrons. The highest BCUT2D eigenvalue weighted by Crippen LogP contribution is 1.96. The van der Waals surface area contributed by atoms with Gasteiger partial charge in [-0.15, -0.1) is 0 Å². The van der Waals surface area contributed by atoms with Crippen LogP contribution in [-0.4, -0.2) is 13.1 Å². The van der Waals surface area contributed by atoms with Gasteiger partial charge in [0.15, 0.2) is 0 Å². The van der Waals surface area contributed by atoms with Crippen LogP contribution in [0.2, 0.25) is 1.41 Å². The van der Waals surface area contributed by atoms with Gasteiger partial charge in [0.2, 0.25) is 0 Å². The van der Waals surface area contributed by atoms with E-state index in [4.69, 9.17) is 2.78 Å². The van der Waals surface area contributed by atoms with E-state index in [0.717, 1.165) is 25.9 Å². The molecule has 1 aliphatic rings. The maximum absolute atomic E-state index is 7.25. The second-order valence-corrected chi connectivity index (χ2v) is 1.54. The molecule has 0 bridgehead atoms. The molecular weight excluding hydrogens is 74.1 g/mol. The van der Waals surface area contributed by atoms with Crippen molar-refractivity contribution in [1.29, 1.82) is 0 Å². The van der Waals surface area contributed by atoms with E-state index in [9.17, 15) is 0 Å². The fourth-order valence-electron chi connectivity index (χ4n) is 0.621. The Morgan fingerprint density at radius 3 is 2.67 bits per heavy atom. The summed E-state index contributed by atoms with van der Waals surface area (Å²) < 4.78 is 14.4. The third kappa shape index (κ3) is 0.977. The summed E-state index contributed by atoms with van der Waals surface area (Å²) in [7, 11) is 0. The Kier molecular flexibility index (Phi) is 0.845. The molecule has 0 aliphatic carbocycles. The van der Waals surface area contributed by atoms with E-state index in [2.05, 4.69) is 0 Å². The second kappa shape index (κ2) is 2.19. The molecule has 1 N–H and O–H groups in total. The molecular formula is C5H11N. The fourth-order valence-corrected chi connectivity index (χ4v) is 0.621. The first-order valence-electron chi connectivity index (χ1n) is 3.47. The van der Waals surface area contributed by atoms with E-state index in [1.807, 2.05) is 0 Å². The van der Waals surface area contributed by atoms with Crippen molar-refractivity contribution in [3.63, 3.8) is 0 Å². The van der Waals surface area contributed by atoms with Crippen molar-refractivity contribution in [3.8, 4) is 0 Å². The minimum Gasteiger partial charge on any atom is -0.317 e. The van der Waals surface area contributed by atoms with Crippen LogP contribution in [0.4, 0.5) is 0 Å². The Balaban J connectivity index is 2.19. The lowest BCUT2D eigenvalue weighted by molar-refractivity contribution is 0.520. The average Bonchev–Trinajstić information content (AvgIpc) is 1.77.